The number of hydrogen-bond donors (Lipinski definition) is 0. The van der Waals surface area contributed by atoms with E-state index >= 15 is 0 Å². The highest BCUT2D eigenvalue weighted by Gasteiger charge is 2.28. The number of rotatable bonds is 9. The Bertz CT molecular complexity index is 1620. The molecule has 0 saturated carbocycles. The van der Waals surface area contributed by atoms with Crippen LogP contribution in [0, 0.1) is 0 Å². The van der Waals surface area contributed by atoms with Crippen molar-refractivity contribution in [2.45, 2.75) is 51.7 Å². The number of anilines is 2. The minimum Gasteiger partial charge on any atom is -0.497 e. The average Bonchev–Trinajstić information content (AvgIpc) is 3.10. The molecular formula is C34H37N5O5. The Balaban J connectivity index is 1.60. The Hall–Kier alpha value is -4.99. The molecule has 1 aliphatic heterocycles. The van der Waals surface area contributed by atoms with Crippen molar-refractivity contribution in [3.05, 3.63) is 106 Å². The van der Waals surface area contributed by atoms with Crippen molar-refractivity contribution in [1.29, 1.82) is 0 Å². The molecule has 4 aromatic rings. The smallest absolute Gasteiger partial charge is 0.275 e. The molecule has 0 atom stereocenters. The molecule has 3 heterocycles. The summed E-state index contributed by atoms with van der Waals surface area (Å²) in [6, 6.07) is 18.3. The number of ether oxygens (including phenoxy) is 2. The van der Waals surface area contributed by atoms with E-state index in [1.54, 1.807) is 36.3 Å². The van der Waals surface area contributed by atoms with Gasteiger partial charge in [-0.1, -0.05) is 43.5 Å². The number of nitrogens with zero attached hydrogens (tertiary/aromatic N) is 5. The molecule has 228 valence electrons. The fraction of sp³-hybridized carbons (Fsp3) is 0.324. The van der Waals surface area contributed by atoms with Gasteiger partial charge < -0.3 is 23.8 Å². The number of carbonyl (C=O) groups excluding carboxylic acids is 2. The standard InChI is InChI=1S/C34H37N5O5/c1-43-28-12-8-25(9-13-28)21-37-18-6-4-3-5-7-19-38-32(34(37)42)27(23-40)20-30(33(38)41)39(31-16-17-35-24-36-31)22-26-10-14-29(44-2)15-11-26/h8-17,20,23-24H,3-7,18-19,21-22H2,1-2H3. The quantitative estimate of drug-likeness (QED) is 0.237. The zero-order valence-electron chi connectivity index (χ0n) is 25.1. The molecule has 1 aliphatic rings. The molecule has 0 fully saturated rings. The van der Waals surface area contributed by atoms with E-state index in [0.717, 1.165) is 42.6 Å². The normalized spacial score (nSPS) is 13.9. The maximum atomic E-state index is 14.4. The predicted octanol–water partition coefficient (Wildman–Crippen LogP) is 5.41. The third-order valence-corrected chi connectivity index (χ3v) is 7.89. The lowest BCUT2D eigenvalue weighted by Crippen LogP contribution is -2.39. The third-order valence-electron chi connectivity index (χ3n) is 7.89. The Labute approximate surface area is 256 Å². The van der Waals surface area contributed by atoms with E-state index in [2.05, 4.69) is 9.97 Å². The van der Waals surface area contributed by atoms with E-state index < -0.39 is 0 Å². The van der Waals surface area contributed by atoms with Crippen LogP contribution in [0.4, 0.5) is 11.5 Å². The van der Waals surface area contributed by atoms with Crippen molar-refractivity contribution in [3.8, 4) is 11.5 Å². The van der Waals surface area contributed by atoms with Crippen LogP contribution in [0.5, 0.6) is 11.5 Å². The zero-order valence-corrected chi connectivity index (χ0v) is 25.1. The minimum atomic E-state index is -0.352. The lowest BCUT2D eigenvalue weighted by atomic mass is 10.1. The zero-order chi connectivity index (χ0) is 30.9. The van der Waals surface area contributed by atoms with Gasteiger partial charge in [-0.25, -0.2) is 9.97 Å². The SMILES string of the molecule is COc1ccc(CN2CCCCCCCn3c(c(C=O)cc(N(Cc4ccc(OC)cc4)c4ccncn4)c3=O)C2=O)cc1. The molecule has 2 aromatic heterocycles. The van der Waals surface area contributed by atoms with E-state index in [0.29, 0.717) is 50.5 Å². The van der Waals surface area contributed by atoms with Crippen LogP contribution in [0.25, 0.3) is 0 Å². The van der Waals surface area contributed by atoms with Crippen molar-refractivity contribution in [2.24, 2.45) is 0 Å². The molecule has 0 unspecified atom stereocenters. The van der Waals surface area contributed by atoms with Crippen LogP contribution in [0.15, 0.2) is 78.0 Å². The molecule has 5 rings (SSSR count). The number of fused-ring (bicyclic) bond motifs is 1. The molecule has 0 aliphatic carbocycles. The van der Waals surface area contributed by atoms with E-state index in [-0.39, 0.29) is 28.4 Å². The van der Waals surface area contributed by atoms with Gasteiger partial charge >= 0.3 is 0 Å². The largest absolute Gasteiger partial charge is 0.497 e. The van der Waals surface area contributed by atoms with Crippen molar-refractivity contribution in [3.63, 3.8) is 0 Å². The number of aromatic nitrogens is 3. The summed E-state index contributed by atoms with van der Waals surface area (Å²) < 4.78 is 12.1. The van der Waals surface area contributed by atoms with Crippen molar-refractivity contribution in [1.82, 2.24) is 19.4 Å². The van der Waals surface area contributed by atoms with Crippen LogP contribution in [0.2, 0.25) is 0 Å². The van der Waals surface area contributed by atoms with Gasteiger partial charge in [0.15, 0.2) is 6.29 Å². The number of pyridine rings is 1. The van der Waals surface area contributed by atoms with Gasteiger partial charge in [-0.3, -0.25) is 14.4 Å². The molecule has 0 spiro atoms. The summed E-state index contributed by atoms with van der Waals surface area (Å²) in [5.41, 5.74) is 2.03. The first-order chi connectivity index (χ1) is 21.5. The number of aldehydes is 1. The second kappa shape index (κ2) is 14.5. The van der Waals surface area contributed by atoms with Gasteiger partial charge in [0.25, 0.3) is 11.5 Å². The first-order valence-corrected chi connectivity index (χ1v) is 14.8. The summed E-state index contributed by atoms with van der Waals surface area (Å²) in [7, 11) is 3.21. The van der Waals surface area contributed by atoms with Gasteiger partial charge in [0, 0.05) is 37.9 Å². The highest BCUT2D eigenvalue weighted by atomic mass is 16.5. The molecule has 0 radical (unpaired) electrons. The van der Waals surface area contributed by atoms with Crippen LogP contribution in [0.3, 0.4) is 0 Å². The number of carbonyl (C=O) groups is 2. The highest BCUT2D eigenvalue weighted by molar-refractivity contribution is 6.00. The third kappa shape index (κ3) is 6.96. The summed E-state index contributed by atoms with van der Waals surface area (Å²) in [6.45, 7) is 1.49. The number of amides is 1. The molecule has 44 heavy (non-hydrogen) atoms. The average molecular weight is 596 g/mol. The second-order valence-electron chi connectivity index (χ2n) is 10.8. The predicted molar refractivity (Wildman–Crippen MR) is 168 cm³/mol. The van der Waals surface area contributed by atoms with E-state index in [4.69, 9.17) is 9.47 Å². The first-order valence-electron chi connectivity index (χ1n) is 14.8. The van der Waals surface area contributed by atoms with Gasteiger partial charge in [-0.15, -0.1) is 0 Å². The second-order valence-corrected chi connectivity index (χ2v) is 10.8. The van der Waals surface area contributed by atoms with E-state index in [1.807, 2.05) is 48.5 Å². The molecule has 0 bridgehead atoms. The summed E-state index contributed by atoms with van der Waals surface area (Å²) in [4.78, 5) is 53.3. The van der Waals surface area contributed by atoms with Crippen LogP contribution in [-0.2, 0) is 19.6 Å². The Morgan fingerprint density at radius 3 is 2.09 bits per heavy atom. The highest BCUT2D eigenvalue weighted by Crippen LogP contribution is 2.27. The fourth-order valence-corrected chi connectivity index (χ4v) is 5.51. The van der Waals surface area contributed by atoms with Gasteiger partial charge in [0.2, 0.25) is 0 Å². The Morgan fingerprint density at radius 1 is 0.841 bits per heavy atom. The topological polar surface area (TPSA) is 107 Å². The van der Waals surface area contributed by atoms with Crippen molar-refractivity contribution < 1.29 is 19.1 Å². The molecule has 0 saturated heterocycles. The molecule has 10 nitrogen and oxygen atoms in total. The molecular weight excluding hydrogens is 558 g/mol. The van der Waals surface area contributed by atoms with Gasteiger partial charge in [0.05, 0.1) is 14.2 Å². The maximum Gasteiger partial charge on any atom is 0.275 e. The number of methoxy groups -OCH3 is 2. The van der Waals surface area contributed by atoms with Gasteiger partial charge in [-0.2, -0.15) is 0 Å². The van der Waals surface area contributed by atoms with Crippen LogP contribution < -0.4 is 19.9 Å². The van der Waals surface area contributed by atoms with Crippen molar-refractivity contribution >= 4 is 23.7 Å². The summed E-state index contributed by atoms with van der Waals surface area (Å²) in [6.07, 6.45) is 8.14. The number of benzene rings is 2. The maximum absolute atomic E-state index is 14.4. The molecule has 0 N–H and O–H groups in total. The van der Waals surface area contributed by atoms with Crippen LogP contribution in [0.1, 0.15) is 64.1 Å². The van der Waals surface area contributed by atoms with Crippen molar-refractivity contribution in [2.75, 3.05) is 25.7 Å². The van der Waals surface area contributed by atoms with Crippen LogP contribution >= 0.6 is 0 Å². The minimum absolute atomic E-state index is 0.122. The van der Waals surface area contributed by atoms with Gasteiger partial charge in [-0.05, 0) is 60.4 Å². The van der Waals surface area contributed by atoms with E-state index in [1.165, 1.54) is 17.0 Å². The van der Waals surface area contributed by atoms with Crippen LogP contribution in [-0.4, -0.2) is 52.4 Å². The summed E-state index contributed by atoms with van der Waals surface area (Å²) in [5, 5.41) is 0. The fourth-order valence-electron chi connectivity index (χ4n) is 5.51. The molecule has 2 aromatic carbocycles. The summed E-state index contributed by atoms with van der Waals surface area (Å²) >= 11 is 0. The Morgan fingerprint density at radius 2 is 1.48 bits per heavy atom. The lowest BCUT2D eigenvalue weighted by molar-refractivity contribution is 0.0725. The van der Waals surface area contributed by atoms with Gasteiger partial charge in [0.1, 0.15) is 35.0 Å². The monoisotopic (exact) mass is 595 g/mol. The lowest BCUT2D eigenvalue weighted by Gasteiger charge is -2.28. The Kier molecular flexibility index (Phi) is 10.0. The van der Waals surface area contributed by atoms with E-state index in [9.17, 15) is 14.4 Å². The first kappa shape index (κ1) is 30.5. The summed E-state index contributed by atoms with van der Waals surface area (Å²) in [5.74, 6) is 1.60. The molecule has 1 amide bonds. The molecule has 10 heteroatoms. The number of hydrogen-bond acceptors (Lipinski definition) is 8.